The van der Waals surface area contributed by atoms with E-state index < -0.39 is 77.5 Å². The summed E-state index contributed by atoms with van der Waals surface area (Å²) >= 11 is 0. The number of allylic oxidation sites excluding steroid dienone is 2. The van der Waals surface area contributed by atoms with Crippen molar-refractivity contribution in [2.45, 2.75) is 200 Å². The highest BCUT2D eigenvalue weighted by molar-refractivity contribution is 6.12. The number of nitrogens with zero attached hydrogens (tertiary/aromatic N) is 3. The minimum absolute atomic E-state index is 0.0479. The van der Waals surface area contributed by atoms with E-state index in [1.165, 1.54) is 31.1 Å². The van der Waals surface area contributed by atoms with E-state index in [1.807, 2.05) is 47.6 Å². The number of epoxide rings is 1. The first-order chi connectivity index (χ1) is 39.2. The zero-order valence-corrected chi connectivity index (χ0v) is 50.5. The minimum Gasteiger partial charge on any atom is -0.457 e. The Balaban J connectivity index is 1.29. The summed E-state index contributed by atoms with van der Waals surface area (Å²) in [5.74, 6) is -3.33. The van der Waals surface area contributed by atoms with Gasteiger partial charge in [-0.1, -0.05) is 84.4 Å². The Kier molecular flexibility index (Phi) is 27.6. The number of benzene rings is 1. The summed E-state index contributed by atoms with van der Waals surface area (Å²) in [4.78, 5) is 96.2. The van der Waals surface area contributed by atoms with Gasteiger partial charge in [-0.15, -0.1) is 0 Å². The van der Waals surface area contributed by atoms with Gasteiger partial charge < -0.3 is 65.6 Å². The van der Waals surface area contributed by atoms with E-state index >= 15 is 0 Å². The molecule has 0 bridgehead atoms. The number of nitrogens with two attached hydrogens (primary N) is 1. The second-order valence-corrected chi connectivity index (χ2v) is 22.9. The first-order valence-corrected chi connectivity index (χ1v) is 29.1. The van der Waals surface area contributed by atoms with Crippen LogP contribution in [0.15, 0.2) is 77.4 Å². The van der Waals surface area contributed by atoms with Crippen LogP contribution in [-0.4, -0.2) is 166 Å². The van der Waals surface area contributed by atoms with Crippen LogP contribution in [0, 0.1) is 17.8 Å². The molecule has 0 aromatic heterocycles. The summed E-state index contributed by atoms with van der Waals surface area (Å²) in [5, 5.41) is 40.6. The number of hydrogen-bond donors (Lipinski definition) is 7. The van der Waals surface area contributed by atoms with Gasteiger partial charge in [0.05, 0.1) is 43.0 Å². The van der Waals surface area contributed by atoms with Crippen LogP contribution in [0.4, 0.5) is 10.5 Å². The monoisotopic (exact) mass is 1160 g/mol. The number of aliphatic imine (C=N–C) groups is 1. The molecule has 462 valence electrons. The second-order valence-electron chi connectivity index (χ2n) is 22.9. The number of hydrogen-bond acceptors (Lipinski definition) is 16. The Morgan fingerprint density at radius 2 is 1.69 bits per heavy atom. The van der Waals surface area contributed by atoms with Gasteiger partial charge in [0, 0.05) is 69.3 Å². The van der Waals surface area contributed by atoms with Crippen LogP contribution >= 0.6 is 0 Å². The molecule has 1 saturated heterocycles. The number of rotatable bonds is 29. The third-order valence-electron chi connectivity index (χ3n) is 15.2. The lowest BCUT2D eigenvalue weighted by Gasteiger charge is -2.36. The number of esters is 1. The lowest BCUT2D eigenvalue weighted by Crippen LogP contribution is -2.53. The molecule has 4 rings (SSSR count). The van der Waals surface area contributed by atoms with Gasteiger partial charge >= 0.3 is 12.1 Å². The number of unbranched alkanes of at least 4 members (excludes halogenated alkanes) is 2. The fourth-order valence-corrected chi connectivity index (χ4v) is 9.73. The SMILES string of the molecule is CCCN(CCN=C(N)O[C@H]1/C=C/[C@H](C)[C@@H](/C(C)=C/C=C/[C@](C)(O)C[C@H]2O[C@@H]2[C@H](C)[C@@H](O)CC)OC(=O)C[C@H](O)CC[C@@]1(C)OC)C(=O)OCc1ccc(NC(=O)[C@H](C)NC(=O)[C@@H](NC(=O)CCCCCN2C(=O)C=CC2=O)C(C)C)cc1. The largest absolute Gasteiger partial charge is 0.457 e. The van der Waals surface area contributed by atoms with Gasteiger partial charge in [0.25, 0.3) is 17.8 Å². The number of methoxy groups -OCH3 is 1. The van der Waals surface area contributed by atoms with Crippen molar-refractivity contribution in [2.24, 2.45) is 28.5 Å². The molecule has 6 amide bonds. The molecule has 22 nitrogen and oxygen atoms in total. The van der Waals surface area contributed by atoms with Gasteiger partial charge in [-0.25, -0.2) is 9.79 Å². The fourth-order valence-electron chi connectivity index (χ4n) is 9.73. The number of amidine groups is 1. The topological polar surface area (TPSA) is 311 Å². The molecule has 0 spiro atoms. The van der Waals surface area contributed by atoms with Crippen molar-refractivity contribution >= 4 is 53.3 Å². The van der Waals surface area contributed by atoms with Crippen molar-refractivity contribution in [1.29, 1.82) is 0 Å². The molecule has 0 saturated carbocycles. The predicted molar refractivity (Wildman–Crippen MR) is 313 cm³/mol. The van der Waals surface area contributed by atoms with Gasteiger partial charge in [0.1, 0.15) is 36.5 Å². The molecule has 22 heteroatoms. The normalized spacial score (nSPS) is 25.0. The van der Waals surface area contributed by atoms with E-state index in [1.54, 1.807) is 69.3 Å². The quantitative estimate of drug-likeness (QED) is 0.00742. The molecule has 0 unspecified atom stereocenters. The number of carbonyl (C=O) groups is 7. The predicted octanol–water partition coefficient (Wildman–Crippen LogP) is 5.68. The standard InChI is InChI=1S/C61H93N7O15/c1-12-32-67(59(77)80-37-43-21-23-44(24-22-43)65-56(75)42(8)64-57(76)53(38(3)4)66-49(71)19-15-14-16-33-68-50(72)26-27-51(68)73)34-31-63-58(62)82-48-25-20-40(6)54(83-52(74)35-45(69)28-30-61(48,10)79-11)39(5)18-17-29-60(9,78)36-47-55(81-47)41(7)46(70)13-2/h17-18,20-27,29,38,40-42,45-48,53-55,69-70,78H,12-16,19,28,30-37H2,1-11H3,(H2,62,63)(H,64,76)(H,65,75)(H,66,71)/b25-20+,29-17+,39-18+/t40-,41+,42-,45+,46-,47+,48-,53-,54+,55+,60-,61+/m0/s1. The Morgan fingerprint density at radius 1 is 1.00 bits per heavy atom. The van der Waals surface area contributed by atoms with Crippen LogP contribution in [-0.2, 0) is 59.1 Å². The number of anilines is 1. The smallest absolute Gasteiger partial charge is 0.410 e. The highest BCUT2D eigenvalue weighted by Crippen LogP contribution is 2.38. The van der Waals surface area contributed by atoms with Crippen LogP contribution in [0.1, 0.15) is 139 Å². The van der Waals surface area contributed by atoms with Crippen molar-refractivity contribution < 1.29 is 72.6 Å². The molecule has 0 radical (unpaired) electrons. The molecule has 83 heavy (non-hydrogen) atoms. The molecule has 0 aliphatic carbocycles. The fraction of sp³-hybridized carbons (Fsp3) is 0.639. The van der Waals surface area contributed by atoms with Gasteiger partial charge in [-0.2, -0.15) is 0 Å². The first-order valence-electron chi connectivity index (χ1n) is 29.1. The van der Waals surface area contributed by atoms with E-state index in [0.717, 1.165) is 4.90 Å². The average molecular weight is 1160 g/mol. The van der Waals surface area contributed by atoms with Crippen molar-refractivity contribution in [3.63, 3.8) is 0 Å². The number of aliphatic hydroxyl groups is 3. The molecule has 3 heterocycles. The number of carbonyl (C=O) groups excluding carboxylic acids is 7. The molecule has 3 aliphatic rings. The van der Waals surface area contributed by atoms with Crippen LogP contribution in [0.2, 0.25) is 0 Å². The number of aliphatic hydroxyl groups excluding tert-OH is 2. The molecular formula is C61H93N7O15. The molecule has 1 aromatic carbocycles. The maximum atomic E-state index is 13.4. The van der Waals surface area contributed by atoms with Gasteiger partial charge in [-0.3, -0.25) is 33.7 Å². The van der Waals surface area contributed by atoms with Crippen LogP contribution in [0.25, 0.3) is 0 Å². The van der Waals surface area contributed by atoms with Crippen LogP contribution in [0.3, 0.4) is 0 Å². The zero-order valence-electron chi connectivity index (χ0n) is 50.5. The summed E-state index contributed by atoms with van der Waals surface area (Å²) in [6, 6.07) is 4.66. The Morgan fingerprint density at radius 3 is 2.33 bits per heavy atom. The van der Waals surface area contributed by atoms with E-state index in [4.69, 9.17) is 29.4 Å². The first kappa shape index (κ1) is 69.0. The molecule has 8 N–H and O–H groups in total. The Hall–Kier alpha value is -6.46. The number of ether oxygens (including phenoxy) is 5. The molecular weight excluding hydrogens is 1070 g/mol. The maximum Gasteiger partial charge on any atom is 0.410 e. The van der Waals surface area contributed by atoms with E-state index in [0.29, 0.717) is 61.9 Å². The summed E-state index contributed by atoms with van der Waals surface area (Å²) in [6.45, 7) is 18.9. The van der Waals surface area contributed by atoms with Gasteiger partial charge in [0.15, 0.2) is 0 Å². The van der Waals surface area contributed by atoms with E-state index in [9.17, 15) is 48.9 Å². The van der Waals surface area contributed by atoms with Gasteiger partial charge in [0.2, 0.25) is 17.7 Å². The van der Waals surface area contributed by atoms with Crippen LogP contribution in [0.5, 0.6) is 0 Å². The molecule has 1 aromatic rings. The Labute approximate surface area is 489 Å². The second kappa shape index (κ2) is 33.1. The highest BCUT2D eigenvalue weighted by atomic mass is 16.6. The number of amides is 6. The minimum atomic E-state index is -1.21. The third-order valence-corrected chi connectivity index (χ3v) is 15.2. The molecule has 1 fully saturated rings. The van der Waals surface area contributed by atoms with E-state index in [2.05, 4.69) is 20.9 Å². The number of nitrogens with one attached hydrogen (secondary N) is 3. The van der Waals surface area contributed by atoms with Crippen LogP contribution < -0.4 is 21.7 Å². The van der Waals surface area contributed by atoms with Crippen molar-refractivity contribution in [3.05, 3.63) is 77.9 Å². The summed E-state index contributed by atoms with van der Waals surface area (Å²) < 4.78 is 29.7. The molecule has 3 aliphatic heterocycles. The third kappa shape index (κ3) is 22.6. The maximum absolute atomic E-state index is 13.4. The summed E-state index contributed by atoms with van der Waals surface area (Å²) in [5.41, 5.74) is 5.93. The number of cyclic esters (lactones) is 1. The lowest BCUT2D eigenvalue weighted by atomic mass is 9.88. The molecule has 12 atom stereocenters. The Bertz CT molecular complexity index is 2480. The average Bonchev–Trinajstić information content (AvgIpc) is 3.78. The summed E-state index contributed by atoms with van der Waals surface area (Å²) in [7, 11) is 1.52. The van der Waals surface area contributed by atoms with Crippen molar-refractivity contribution in [3.8, 4) is 0 Å². The lowest BCUT2D eigenvalue weighted by molar-refractivity contribution is -0.151. The van der Waals surface area contributed by atoms with Gasteiger partial charge in [-0.05, 0) is 101 Å². The van der Waals surface area contributed by atoms with Crippen molar-refractivity contribution in [1.82, 2.24) is 20.4 Å². The van der Waals surface area contributed by atoms with Crippen molar-refractivity contribution in [2.75, 3.05) is 38.6 Å². The summed E-state index contributed by atoms with van der Waals surface area (Å²) in [6.07, 6.45) is 10.9. The van der Waals surface area contributed by atoms with E-state index in [-0.39, 0.29) is 99.7 Å². The number of imide groups is 1. The highest BCUT2D eigenvalue weighted by Gasteiger charge is 2.47. The zero-order chi connectivity index (χ0) is 61.6.